The van der Waals surface area contributed by atoms with Crippen LogP contribution in [-0.2, 0) is 6.54 Å². The molecule has 0 atom stereocenters. The predicted octanol–water partition coefficient (Wildman–Crippen LogP) is 3.70. The highest BCUT2D eigenvalue weighted by Crippen LogP contribution is 2.24. The monoisotopic (exact) mass is 370 g/mol. The number of aromatic amines is 1. The summed E-state index contributed by atoms with van der Waals surface area (Å²) >= 11 is 1.43. The minimum Gasteiger partial charge on any atom is -0.411 e. The lowest BCUT2D eigenvalue weighted by Crippen LogP contribution is -2.17. The molecule has 0 saturated carbocycles. The minimum absolute atomic E-state index is 0.104. The molecular weight excluding hydrogens is 355 g/mol. The first kappa shape index (κ1) is 16.6. The van der Waals surface area contributed by atoms with E-state index in [1.54, 1.807) is 16.7 Å². The second kappa shape index (κ2) is 7.17. The van der Waals surface area contributed by atoms with Crippen molar-refractivity contribution in [2.24, 2.45) is 0 Å². The zero-order chi connectivity index (χ0) is 17.9. The van der Waals surface area contributed by atoms with E-state index in [1.165, 1.54) is 23.9 Å². The molecule has 132 valence electrons. The minimum atomic E-state index is -0.310. The summed E-state index contributed by atoms with van der Waals surface area (Å²) in [5, 5.41) is 8.43. The highest BCUT2D eigenvalue weighted by molar-refractivity contribution is 7.99. The number of aryl methyl sites for hydroxylation is 1. The number of nitrogens with zero attached hydrogens (tertiary/aromatic N) is 3. The van der Waals surface area contributed by atoms with E-state index in [0.717, 1.165) is 23.2 Å². The van der Waals surface area contributed by atoms with Crippen LogP contribution in [0.2, 0.25) is 0 Å². The van der Waals surface area contributed by atoms with Crippen LogP contribution in [-0.4, -0.2) is 25.5 Å². The van der Waals surface area contributed by atoms with Gasteiger partial charge < -0.3 is 9.40 Å². The van der Waals surface area contributed by atoms with Gasteiger partial charge in [-0.2, -0.15) is 0 Å². The molecule has 6 nitrogen and oxygen atoms in total. The topological polar surface area (TPSA) is 76.7 Å². The summed E-state index contributed by atoms with van der Waals surface area (Å²) in [7, 11) is 0. The summed E-state index contributed by atoms with van der Waals surface area (Å²) in [4.78, 5) is 14.9. The maximum Gasteiger partial charge on any atom is 0.326 e. The fourth-order valence-corrected chi connectivity index (χ4v) is 3.37. The van der Waals surface area contributed by atoms with Crippen LogP contribution in [0, 0.1) is 5.82 Å². The van der Waals surface area contributed by atoms with Crippen LogP contribution in [0.3, 0.4) is 0 Å². The number of hydrogen-bond acceptors (Lipinski definition) is 5. The largest absolute Gasteiger partial charge is 0.411 e. The van der Waals surface area contributed by atoms with Crippen molar-refractivity contribution in [1.29, 1.82) is 0 Å². The van der Waals surface area contributed by atoms with E-state index in [1.807, 2.05) is 24.3 Å². The zero-order valence-electron chi connectivity index (χ0n) is 13.7. The first-order chi connectivity index (χ1) is 12.7. The number of fused-ring (bicyclic) bond motifs is 1. The highest BCUT2D eigenvalue weighted by atomic mass is 32.2. The number of halogens is 1. The van der Waals surface area contributed by atoms with Gasteiger partial charge >= 0.3 is 5.69 Å². The quantitative estimate of drug-likeness (QED) is 0.414. The van der Waals surface area contributed by atoms with Crippen molar-refractivity contribution in [3.8, 4) is 11.5 Å². The van der Waals surface area contributed by atoms with Crippen molar-refractivity contribution in [3.05, 3.63) is 64.8 Å². The van der Waals surface area contributed by atoms with Crippen molar-refractivity contribution < 1.29 is 8.81 Å². The van der Waals surface area contributed by atoms with Gasteiger partial charge in [-0.15, -0.1) is 10.2 Å². The first-order valence-electron chi connectivity index (χ1n) is 8.10. The smallest absolute Gasteiger partial charge is 0.326 e. The average Bonchev–Trinajstić information content (AvgIpc) is 3.24. The molecule has 0 fully saturated rings. The summed E-state index contributed by atoms with van der Waals surface area (Å²) < 4.78 is 20.3. The van der Waals surface area contributed by atoms with Gasteiger partial charge in [-0.25, -0.2) is 9.18 Å². The normalized spacial score (nSPS) is 11.3. The Morgan fingerprint density at radius 2 is 1.92 bits per heavy atom. The Hall–Kier alpha value is -2.87. The maximum atomic E-state index is 13.0. The van der Waals surface area contributed by atoms with Gasteiger partial charge in [0.05, 0.1) is 11.0 Å². The van der Waals surface area contributed by atoms with Crippen LogP contribution in [0.25, 0.3) is 22.5 Å². The molecule has 0 aliphatic heterocycles. The van der Waals surface area contributed by atoms with Crippen LogP contribution >= 0.6 is 11.8 Å². The lowest BCUT2D eigenvalue weighted by molar-refractivity contribution is 0.465. The molecule has 1 N–H and O–H groups in total. The van der Waals surface area contributed by atoms with Crippen LogP contribution in [0.5, 0.6) is 0 Å². The zero-order valence-corrected chi connectivity index (χ0v) is 14.5. The van der Waals surface area contributed by atoms with E-state index in [4.69, 9.17) is 4.42 Å². The van der Waals surface area contributed by atoms with Gasteiger partial charge in [0.25, 0.3) is 5.22 Å². The Kier molecular flexibility index (Phi) is 4.57. The lowest BCUT2D eigenvalue weighted by Gasteiger charge is -2.02. The highest BCUT2D eigenvalue weighted by Gasteiger charge is 2.10. The van der Waals surface area contributed by atoms with E-state index in [2.05, 4.69) is 15.2 Å². The summed E-state index contributed by atoms with van der Waals surface area (Å²) in [6.45, 7) is 0.606. The maximum absolute atomic E-state index is 13.0. The van der Waals surface area contributed by atoms with Gasteiger partial charge in [-0.3, -0.25) is 4.57 Å². The number of hydrogen-bond donors (Lipinski definition) is 1. The molecule has 0 radical (unpaired) electrons. The molecular formula is C18H15FN4O2S. The Morgan fingerprint density at radius 3 is 2.77 bits per heavy atom. The number of para-hydroxylation sites is 2. The second-order valence-corrected chi connectivity index (χ2v) is 6.73. The third kappa shape index (κ3) is 3.41. The Bertz CT molecular complexity index is 1080. The Labute approximate surface area is 152 Å². The number of rotatable bonds is 6. The van der Waals surface area contributed by atoms with Crippen molar-refractivity contribution in [3.63, 3.8) is 0 Å². The van der Waals surface area contributed by atoms with Crippen molar-refractivity contribution in [2.75, 3.05) is 5.75 Å². The molecule has 4 aromatic rings. The average molecular weight is 370 g/mol. The van der Waals surface area contributed by atoms with E-state index < -0.39 is 0 Å². The molecule has 2 aromatic heterocycles. The standard InChI is InChI=1S/C18H15FN4O2S/c19-13-8-6-12(7-9-13)16-21-22-18(25-16)26-11-3-10-23-15-5-2-1-4-14(15)20-17(23)24/h1-2,4-9H,3,10-11H2,(H,20,24). The van der Waals surface area contributed by atoms with Gasteiger partial charge in [-0.05, 0) is 42.8 Å². The number of imidazole rings is 1. The molecule has 26 heavy (non-hydrogen) atoms. The van der Waals surface area contributed by atoms with Crippen molar-refractivity contribution in [1.82, 2.24) is 19.7 Å². The molecule has 0 spiro atoms. The van der Waals surface area contributed by atoms with Gasteiger partial charge in [0.15, 0.2) is 0 Å². The van der Waals surface area contributed by atoms with E-state index in [-0.39, 0.29) is 11.5 Å². The second-order valence-electron chi connectivity index (χ2n) is 5.68. The van der Waals surface area contributed by atoms with Crippen molar-refractivity contribution >= 4 is 22.8 Å². The molecule has 4 rings (SSSR count). The Morgan fingerprint density at radius 1 is 1.12 bits per heavy atom. The summed E-state index contributed by atoms with van der Waals surface area (Å²) in [5.41, 5.74) is 2.31. The van der Waals surface area contributed by atoms with Gasteiger partial charge in [0, 0.05) is 17.9 Å². The molecule has 0 unspecified atom stereocenters. The molecule has 2 heterocycles. The number of benzene rings is 2. The van der Waals surface area contributed by atoms with Gasteiger partial charge in [-0.1, -0.05) is 23.9 Å². The molecule has 0 saturated heterocycles. The lowest BCUT2D eigenvalue weighted by atomic mass is 10.2. The summed E-state index contributed by atoms with van der Waals surface area (Å²) in [6.07, 6.45) is 0.778. The number of H-pyrrole nitrogens is 1. The van der Waals surface area contributed by atoms with Gasteiger partial charge in [0.1, 0.15) is 5.82 Å². The molecule has 0 bridgehead atoms. The van der Waals surface area contributed by atoms with Crippen LogP contribution in [0.4, 0.5) is 4.39 Å². The van der Waals surface area contributed by atoms with Gasteiger partial charge in [0.2, 0.25) is 5.89 Å². The van der Waals surface area contributed by atoms with E-state index in [0.29, 0.717) is 23.2 Å². The Balaban J connectivity index is 1.36. The van der Waals surface area contributed by atoms with E-state index >= 15 is 0 Å². The number of thioether (sulfide) groups is 1. The fourth-order valence-electron chi connectivity index (χ4n) is 2.69. The molecule has 0 aliphatic rings. The summed E-state index contributed by atoms with van der Waals surface area (Å²) in [6, 6.07) is 13.5. The number of aromatic nitrogens is 4. The molecule has 0 amide bonds. The first-order valence-corrected chi connectivity index (χ1v) is 9.09. The number of nitrogens with one attached hydrogen (secondary N) is 1. The molecule has 2 aromatic carbocycles. The third-order valence-electron chi connectivity index (χ3n) is 3.93. The SMILES string of the molecule is O=c1[nH]c2ccccc2n1CCCSc1nnc(-c2ccc(F)cc2)o1. The molecule has 8 heteroatoms. The molecule has 0 aliphatic carbocycles. The van der Waals surface area contributed by atoms with Crippen LogP contribution in [0.15, 0.2) is 63.0 Å². The van der Waals surface area contributed by atoms with Crippen LogP contribution < -0.4 is 5.69 Å². The van der Waals surface area contributed by atoms with Crippen LogP contribution in [0.1, 0.15) is 6.42 Å². The predicted molar refractivity (Wildman–Crippen MR) is 97.6 cm³/mol. The van der Waals surface area contributed by atoms with E-state index in [9.17, 15) is 9.18 Å². The van der Waals surface area contributed by atoms with Crippen molar-refractivity contribution in [2.45, 2.75) is 18.2 Å². The third-order valence-corrected chi connectivity index (χ3v) is 4.84. The fraction of sp³-hybridized carbons (Fsp3) is 0.167. The summed E-state index contributed by atoms with van der Waals surface area (Å²) in [5.74, 6) is 0.785.